The molecule has 3 aromatic rings. The number of aliphatic hydroxyl groups excluding tert-OH is 1. The van der Waals surface area contributed by atoms with E-state index in [1.165, 1.54) is 13.0 Å². The highest BCUT2D eigenvalue weighted by molar-refractivity contribution is 6.51. The van der Waals surface area contributed by atoms with Gasteiger partial charge in [0.15, 0.2) is 5.78 Å². The Kier molecular flexibility index (Phi) is 10.7. The first kappa shape index (κ1) is 33.8. The third-order valence-electron chi connectivity index (χ3n) is 8.69. The number of para-hydroxylation sites is 1. The molecule has 11 nitrogen and oxygen atoms in total. The number of benzene rings is 2. The maximum Gasteiger partial charge on any atom is 0.602 e. The van der Waals surface area contributed by atoms with Gasteiger partial charge in [0, 0.05) is 36.6 Å². The summed E-state index contributed by atoms with van der Waals surface area (Å²) in [7, 11) is 0.397. The van der Waals surface area contributed by atoms with Gasteiger partial charge in [-0.2, -0.15) is 0 Å². The standard InChI is InChI=1S/C35H41BN4O7/c1-22(2)18-25(36-46-34(44)29-20-40(26-14-9-6-10-15-26)21-30(39(29)4)35(45)47-36)19-31(42)32(23(3)41)38-33(43)28-17-11-16-27(37-28)24-12-7-5-8-13-24/h5-17,22-23,25,29-30,32,41H,18-21H2,1-4H3,(H,38,43)/t23-,25-,29-,30+,32+/m1/s1. The van der Waals surface area contributed by atoms with E-state index in [-0.39, 0.29) is 18.0 Å². The molecule has 2 fully saturated rings. The fraction of sp³-hybridized carbons (Fsp3) is 0.400. The summed E-state index contributed by atoms with van der Waals surface area (Å²) in [6.07, 6.45) is -1.06. The van der Waals surface area contributed by atoms with Gasteiger partial charge in [-0.05, 0) is 50.6 Å². The monoisotopic (exact) mass is 640 g/mol. The first-order valence-corrected chi connectivity index (χ1v) is 16.0. The topological polar surface area (TPSA) is 138 Å². The Morgan fingerprint density at radius 1 is 0.915 bits per heavy atom. The minimum atomic E-state index is -1.31. The van der Waals surface area contributed by atoms with Gasteiger partial charge in [0.05, 0.1) is 11.8 Å². The number of piperazine rings is 1. The number of ketones is 1. The Hall–Kier alpha value is -4.55. The molecule has 0 unspecified atom stereocenters. The number of amides is 1. The van der Waals surface area contributed by atoms with Crippen molar-refractivity contribution in [2.75, 3.05) is 25.0 Å². The summed E-state index contributed by atoms with van der Waals surface area (Å²) < 4.78 is 11.7. The van der Waals surface area contributed by atoms with Crippen molar-refractivity contribution in [1.29, 1.82) is 0 Å². The summed E-state index contributed by atoms with van der Waals surface area (Å²) in [6, 6.07) is 21.2. The van der Waals surface area contributed by atoms with E-state index in [1.807, 2.05) is 79.4 Å². The Bertz CT molecular complexity index is 1540. The van der Waals surface area contributed by atoms with Crippen molar-refractivity contribution in [3.63, 3.8) is 0 Å². The minimum absolute atomic E-state index is 0.0518. The van der Waals surface area contributed by atoms with Crippen molar-refractivity contribution in [3.8, 4) is 11.3 Å². The molecule has 1 amide bonds. The highest BCUT2D eigenvalue weighted by Gasteiger charge is 2.50. The van der Waals surface area contributed by atoms with Gasteiger partial charge in [0.1, 0.15) is 23.8 Å². The lowest BCUT2D eigenvalue weighted by molar-refractivity contribution is -0.155. The number of aliphatic hydroxyl groups is 1. The van der Waals surface area contributed by atoms with Crippen LogP contribution in [-0.2, 0) is 23.7 Å². The zero-order valence-electron chi connectivity index (χ0n) is 27.1. The Balaban J connectivity index is 1.32. The van der Waals surface area contributed by atoms with Crippen molar-refractivity contribution in [1.82, 2.24) is 15.2 Å². The molecule has 5 rings (SSSR count). The number of anilines is 1. The predicted molar refractivity (Wildman–Crippen MR) is 177 cm³/mol. The molecule has 47 heavy (non-hydrogen) atoms. The van der Waals surface area contributed by atoms with Crippen molar-refractivity contribution in [2.24, 2.45) is 5.92 Å². The summed E-state index contributed by atoms with van der Waals surface area (Å²) in [4.78, 5) is 62.2. The number of rotatable bonds is 11. The average Bonchev–Trinajstić information content (AvgIpc) is 3.06. The van der Waals surface area contributed by atoms with Crippen LogP contribution in [0.15, 0.2) is 78.9 Å². The van der Waals surface area contributed by atoms with Crippen LogP contribution < -0.4 is 10.2 Å². The third-order valence-corrected chi connectivity index (χ3v) is 8.69. The lowest BCUT2D eigenvalue weighted by Gasteiger charge is -2.45. The fourth-order valence-corrected chi connectivity index (χ4v) is 6.20. The first-order valence-electron chi connectivity index (χ1n) is 16.0. The molecule has 0 saturated carbocycles. The van der Waals surface area contributed by atoms with Crippen LogP contribution >= 0.6 is 0 Å². The number of likely N-dealkylation sites (N-methyl/N-ethyl adjacent to an activating group) is 1. The maximum atomic E-state index is 13.7. The van der Waals surface area contributed by atoms with Gasteiger partial charge in [-0.15, -0.1) is 0 Å². The first-order chi connectivity index (χ1) is 22.5. The molecule has 3 heterocycles. The molecule has 2 aliphatic heterocycles. The molecule has 0 aliphatic carbocycles. The molecule has 2 saturated heterocycles. The summed E-state index contributed by atoms with van der Waals surface area (Å²) >= 11 is 0. The number of nitrogens with zero attached hydrogens (tertiary/aromatic N) is 3. The molecule has 12 heteroatoms. The summed E-state index contributed by atoms with van der Waals surface area (Å²) in [5, 5.41) is 13.2. The SMILES string of the molecule is CC(C)C[C@H](CC(=O)[C@@H](NC(=O)c1cccc(-c2ccccc2)n1)[C@@H](C)O)B1OC(=O)[C@H]2CN(c3ccccc3)C[C@@H](C(=O)O1)N2C. The number of hydrogen-bond donors (Lipinski definition) is 2. The van der Waals surface area contributed by atoms with Crippen LogP contribution in [0.5, 0.6) is 0 Å². The molecule has 2 aliphatic rings. The number of fused-ring (bicyclic) bond motifs is 2. The van der Waals surface area contributed by atoms with Gasteiger partial charge in [-0.1, -0.05) is 68.4 Å². The summed E-state index contributed by atoms with van der Waals surface area (Å²) in [5.41, 5.74) is 2.38. The van der Waals surface area contributed by atoms with Crippen LogP contribution in [0.3, 0.4) is 0 Å². The van der Waals surface area contributed by atoms with Gasteiger partial charge < -0.3 is 24.6 Å². The van der Waals surface area contributed by atoms with Gasteiger partial charge in [0.25, 0.3) is 5.91 Å². The Morgan fingerprint density at radius 2 is 1.51 bits per heavy atom. The Morgan fingerprint density at radius 3 is 2.09 bits per heavy atom. The smallest absolute Gasteiger partial charge is 0.498 e. The van der Waals surface area contributed by atoms with E-state index >= 15 is 0 Å². The van der Waals surface area contributed by atoms with Crippen LogP contribution in [-0.4, -0.2) is 90.1 Å². The van der Waals surface area contributed by atoms with Crippen LogP contribution in [0, 0.1) is 5.92 Å². The maximum absolute atomic E-state index is 13.7. The van der Waals surface area contributed by atoms with Crippen molar-refractivity contribution < 1.29 is 33.6 Å². The number of nitrogens with one attached hydrogen (secondary N) is 1. The van der Waals surface area contributed by atoms with E-state index < -0.39 is 60.8 Å². The minimum Gasteiger partial charge on any atom is -0.498 e. The number of hydrogen-bond acceptors (Lipinski definition) is 10. The van der Waals surface area contributed by atoms with E-state index in [0.29, 0.717) is 25.2 Å². The van der Waals surface area contributed by atoms with Crippen molar-refractivity contribution in [3.05, 3.63) is 84.6 Å². The molecular formula is C35H41BN4O7. The van der Waals surface area contributed by atoms with Gasteiger partial charge >= 0.3 is 19.1 Å². The third kappa shape index (κ3) is 8.06. The van der Waals surface area contributed by atoms with Crippen LogP contribution in [0.4, 0.5) is 5.69 Å². The van der Waals surface area contributed by atoms with E-state index in [1.54, 1.807) is 24.1 Å². The number of pyridine rings is 1. The predicted octanol–water partition coefficient (Wildman–Crippen LogP) is 3.38. The van der Waals surface area contributed by atoms with Crippen LogP contribution in [0.1, 0.15) is 44.1 Å². The second-order valence-corrected chi connectivity index (χ2v) is 12.7. The quantitative estimate of drug-likeness (QED) is 0.300. The number of Topliss-reactive ketones (excluding diaryl/α,β-unsaturated/α-hetero) is 1. The molecule has 2 N–H and O–H groups in total. The molecule has 1 aromatic heterocycles. The van der Waals surface area contributed by atoms with E-state index in [2.05, 4.69) is 10.3 Å². The average molecular weight is 641 g/mol. The normalized spacial score (nSPS) is 20.4. The largest absolute Gasteiger partial charge is 0.602 e. The Labute approximate surface area is 275 Å². The van der Waals surface area contributed by atoms with Crippen LogP contribution in [0.2, 0.25) is 5.82 Å². The van der Waals surface area contributed by atoms with Crippen LogP contribution in [0.25, 0.3) is 11.3 Å². The zero-order chi connectivity index (χ0) is 33.7. The van der Waals surface area contributed by atoms with Gasteiger partial charge in [-0.25, -0.2) is 4.98 Å². The zero-order valence-corrected chi connectivity index (χ0v) is 27.1. The molecule has 0 spiro atoms. The van der Waals surface area contributed by atoms with Crippen molar-refractivity contribution >= 4 is 36.4 Å². The highest BCUT2D eigenvalue weighted by atomic mass is 16.6. The van der Waals surface area contributed by atoms with Gasteiger partial charge in [0.2, 0.25) is 0 Å². The number of aromatic nitrogens is 1. The molecule has 2 bridgehead atoms. The molecule has 0 radical (unpaired) electrons. The fourth-order valence-electron chi connectivity index (χ4n) is 6.20. The molecule has 2 aromatic carbocycles. The second kappa shape index (κ2) is 14.9. The van der Waals surface area contributed by atoms with Gasteiger partial charge in [-0.3, -0.25) is 24.1 Å². The number of carbonyl (C=O) groups excluding carboxylic acids is 4. The summed E-state index contributed by atoms with van der Waals surface area (Å²) in [6.45, 7) is 5.95. The van der Waals surface area contributed by atoms with E-state index in [9.17, 15) is 24.3 Å². The lowest BCUT2D eigenvalue weighted by Crippen LogP contribution is -2.65. The van der Waals surface area contributed by atoms with E-state index in [4.69, 9.17) is 9.31 Å². The number of carbonyl (C=O) groups is 4. The summed E-state index contributed by atoms with van der Waals surface area (Å²) in [5.74, 6) is -2.87. The van der Waals surface area contributed by atoms with Crippen molar-refractivity contribution in [2.45, 2.75) is 63.7 Å². The molecular weight excluding hydrogens is 599 g/mol. The van der Waals surface area contributed by atoms with E-state index in [0.717, 1.165) is 11.3 Å². The molecule has 246 valence electrons. The highest BCUT2D eigenvalue weighted by Crippen LogP contribution is 2.32. The molecule has 5 atom stereocenters. The lowest BCUT2D eigenvalue weighted by atomic mass is 9.64. The second-order valence-electron chi connectivity index (χ2n) is 12.7.